The van der Waals surface area contributed by atoms with E-state index in [1.807, 2.05) is 19.1 Å². The fraction of sp³-hybridized carbons (Fsp3) is 0.667. The van der Waals surface area contributed by atoms with Gasteiger partial charge in [-0.2, -0.15) is 0 Å². The Morgan fingerprint density at radius 3 is 2.36 bits per heavy atom. The Morgan fingerprint density at radius 1 is 1.18 bits per heavy atom. The number of aliphatic hydroxyl groups excluding tert-OH is 2. The zero-order valence-corrected chi connectivity index (χ0v) is 13.7. The highest BCUT2D eigenvalue weighted by atomic mass is 16.5. The summed E-state index contributed by atoms with van der Waals surface area (Å²) in [4.78, 5) is 2.26. The van der Waals surface area contributed by atoms with Crippen LogP contribution in [-0.4, -0.2) is 53.6 Å². The number of ether oxygens (including phenoxy) is 1. The Balaban J connectivity index is 1.68. The van der Waals surface area contributed by atoms with E-state index in [2.05, 4.69) is 24.0 Å². The molecule has 0 aliphatic carbocycles. The topological polar surface area (TPSA) is 52.9 Å². The molecule has 0 spiro atoms. The Labute approximate surface area is 133 Å². The summed E-state index contributed by atoms with van der Waals surface area (Å²) in [6.07, 6.45) is 2.33. The molecule has 0 amide bonds. The fourth-order valence-corrected chi connectivity index (χ4v) is 2.98. The van der Waals surface area contributed by atoms with E-state index in [1.54, 1.807) is 0 Å². The average molecular weight is 307 g/mol. The number of benzene rings is 1. The molecular formula is C18H29NO3. The summed E-state index contributed by atoms with van der Waals surface area (Å²) in [6.45, 7) is 6.84. The van der Waals surface area contributed by atoms with Gasteiger partial charge in [-0.25, -0.2) is 0 Å². The van der Waals surface area contributed by atoms with Crippen molar-refractivity contribution in [2.45, 2.75) is 45.3 Å². The molecule has 124 valence electrons. The first-order valence-electron chi connectivity index (χ1n) is 8.38. The minimum atomic E-state index is -0.478. The number of hydrogen-bond donors (Lipinski definition) is 2. The maximum Gasteiger partial charge on any atom is 0.119 e. The van der Waals surface area contributed by atoms with Gasteiger partial charge >= 0.3 is 0 Å². The molecule has 2 rings (SSSR count). The van der Waals surface area contributed by atoms with Crippen LogP contribution >= 0.6 is 0 Å². The van der Waals surface area contributed by atoms with Gasteiger partial charge in [0.25, 0.3) is 0 Å². The van der Waals surface area contributed by atoms with Crippen LogP contribution in [0.3, 0.4) is 0 Å². The van der Waals surface area contributed by atoms with Crippen LogP contribution in [0.5, 0.6) is 5.75 Å². The van der Waals surface area contributed by atoms with E-state index in [0.29, 0.717) is 19.1 Å². The minimum absolute atomic E-state index is 0.221. The number of likely N-dealkylation sites (tertiary alicyclic amines) is 1. The molecular weight excluding hydrogens is 278 g/mol. The molecule has 1 heterocycles. The van der Waals surface area contributed by atoms with Crippen molar-refractivity contribution in [1.29, 1.82) is 0 Å². The molecule has 1 aromatic rings. The lowest BCUT2D eigenvalue weighted by molar-refractivity contribution is 0.0336. The number of hydrogen-bond acceptors (Lipinski definition) is 4. The summed E-state index contributed by atoms with van der Waals surface area (Å²) in [5.74, 6) is 1.21. The standard InChI is InChI=1S/C18H29NO3/c1-3-15-4-6-18(7-5-15)22-13-17(21)12-19-10-8-16(9-11-19)14(2)20/h4-7,14,16-17,20-21H,3,8-13H2,1-2H3. The van der Waals surface area contributed by atoms with Crippen molar-refractivity contribution in [3.63, 3.8) is 0 Å². The summed E-state index contributed by atoms with van der Waals surface area (Å²) >= 11 is 0. The van der Waals surface area contributed by atoms with Crippen molar-refractivity contribution in [2.24, 2.45) is 5.92 Å². The number of aryl methyl sites for hydroxylation is 1. The highest BCUT2D eigenvalue weighted by Gasteiger charge is 2.23. The Morgan fingerprint density at radius 2 is 1.82 bits per heavy atom. The van der Waals surface area contributed by atoms with Gasteiger partial charge in [0.15, 0.2) is 0 Å². The molecule has 4 heteroatoms. The Kier molecular flexibility index (Phi) is 6.68. The van der Waals surface area contributed by atoms with Crippen LogP contribution in [0.4, 0.5) is 0 Å². The van der Waals surface area contributed by atoms with E-state index in [9.17, 15) is 10.2 Å². The van der Waals surface area contributed by atoms with Gasteiger partial charge in [0.2, 0.25) is 0 Å². The molecule has 22 heavy (non-hydrogen) atoms. The molecule has 1 aliphatic heterocycles. The third-order valence-corrected chi connectivity index (χ3v) is 4.56. The lowest BCUT2D eigenvalue weighted by Gasteiger charge is -2.34. The largest absolute Gasteiger partial charge is 0.491 e. The Bertz CT molecular complexity index is 424. The highest BCUT2D eigenvalue weighted by Crippen LogP contribution is 2.20. The van der Waals surface area contributed by atoms with Gasteiger partial charge in [0.05, 0.1) is 6.10 Å². The average Bonchev–Trinajstić information content (AvgIpc) is 2.54. The van der Waals surface area contributed by atoms with Crippen molar-refractivity contribution in [3.05, 3.63) is 29.8 Å². The van der Waals surface area contributed by atoms with Gasteiger partial charge in [-0.15, -0.1) is 0 Å². The van der Waals surface area contributed by atoms with Gasteiger partial charge in [-0.05, 0) is 62.9 Å². The van der Waals surface area contributed by atoms with Gasteiger partial charge in [-0.3, -0.25) is 0 Å². The molecule has 1 saturated heterocycles. The molecule has 1 aromatic carbocycles. The van der Waals surface area contributed by atoms with E-state index in [-0.39, 0.29) is 6.10 Å². The van der Waals surface area contributed by atoms with Crippen LogP contribution in [-0.2, 0) is 6.42 Å². The monoisotopic (exact) mass is 307 g/mol. The molecule has 0 saturated carbocycles. The van der Waals surface area contributed by atoms with Crippen LogP contribution in [0.1, 0.15) is 32.3 Å². The van der Waals surface area contributed by atoms with Gasteiger partial charge in [0, 0.05) is 6.54 Å². The number of piperidine rings is 1. The maximum absolute atomic E-state index is 10.1. The van der Waals surface area contributed by atoms with Crippen LogP contribution in [0.25, 0.3) is 0 Å². The second kappa shape index (κ2) is 8.51. The van der Waals surface area contributed by atoms with Crippen LogP contribution in [0.2, 0.25) is 0 Å². The zero-order valence-electron chi connectivity index (χ0n) is 13.7. The number of rotatable bonds is 7. The molecule has 2 unspecified atom stereocenters. The molecule has 0 bridgehead atoms. The molecule has 0 radical (unpaired) electrons. The molecule has 4 nitrogen and oxygen atoms in total. The first-order valence-corrected chi connectivity index (χ1v) is 8.38. The normalized spacial score (nSPS) is 19.8. The third-order valence-electron chi connectivity index (χ3n) is 4.56. The lowest BCUT2D eigenvalue weighted by atomic mass is 9.92. The van der Waals surface area contributed by atoms with Crippen molar-refractivity contribution in [2.75, 3.05) is 26.2 Å². The highest BCUT2D eigenvalue weighted by molar-refractivity contribution is 5.27. The molecule has 0 aromatic heterocycles. The maximum atomic E-state index is 10.1. The molecule has 2 atom stereocenters. The van der Waals surface area contributed by atoms with Gasteiger partial charge in [-0.1, -0.05) is 19.1 Å². The summed E-state index contributed by atoms with van der Waals surface area (Å²) < 4.78 is 5.65. The molecule has 2 N–H and O–H groups in total. The third kappa shape index (κ3) is 5.27. The van der Waals surface area contributed by atoms with Crippen LogP contribution in [0, 0.1) is 5.92 Å². The van der Waals surface area contributed by atoms with E-state index in [4.69, 9.17) is 4.74 Å². The number of nitrogens with zero attached hydrogens (tertiary/aromatic N) is 1. The van der Waals surface area contributed by atoms with E-state index < -0.39 is 6.10 Å². The van der Waals surface area contributed by atoms with Gasteiger partial charge in [0.1, 0.15) is 18.5 Å². The summed E-state index contributed by atoms with van der Waals surface area (Å²) in [6, 6.07) is 8.03. The van der Waals surface area contributed by atoms with Crippen molar-refractivity contribution in [3.8, 4) is 5.75 Å². The van der Waals surface area contributed by atoms with Crippen molar-refractivity contribution in [1.82, 2.24) is 4.90 Å². The van der Waals surface area contributed by atoms with Gasteiger partial charge < -0.3 is 19.8 Å². The fourth-order valence-electron chi connectivity index (χ4n) is 2.98. The second-order valence-electron chi connectivity index (χ2n) is 6.34. The first-order chi connectivity index (χ1) is 10.6. The Hall–Kier alpha value is -1.10. The first kappa shape index (κ1) is 17.3. The predicted molar refractivity (Wildman–Crippen MR) is 88.2 cm³/mol. The van der Waals surface area contributed by atoms with Crippen molar-refractivity contribution < 1.29 is 14.9 Å². The second-order valence-corrected chi connectivity index (χ2v) is 6.34. The molecule has 1 fully saturated rings. The number of aliphatic hydroxyl groups is 2. The summed E-state index contributed by atoms with van der Waals surface area (Å²) in [5.41, 5.74) is 1.29. The smallest absolute Gasteiger partial charge is 0.119 e. The summed E-state index contributed by atoms with van der Waals surface area (Å²) in [5, 5.41) is 19.7. The minimum Gasteiger partial charge on any atom is -0.491 e. The van der Waals surface area contributed by atoms with Crippen molar-refractivity contribution >= 4 is 0 Å². The quantitative estimate of drug-likeness (QED) is 0.810. The van der Waals surface area contributed by atoms with E-state index in [1.165, 1.54) is 5.56 Å². The van der Waals surface area contributed by atoms with Crippen LogP contribution < -0.4 is 4.74 Å². The number of β-amino-alcohol motifs (C(OH)–C–C–N with tert-alkyl or cyclic N) is 1. The van der Waals surface area contributed by atoms with E-state index in [0.717, 1.165) is 38.1 Å². The van der Waals surface area contributed by atoms with Crippen LogP contribution in [0.15, 0.2) is 24.3 Å². The zero-order chi connectivity index (χ0) is 15.9. The van der Waals surface area contributed by atoms with E-state index >= 15 is 0 Å². The predicted octanol–water partition coefficient (Wildman–Crippen LogP) is 2.08. The molecule has 1 aliphatic rings. The lowest BCUT2D eigenvalue weighted by Crippen LogP contribution is -2.42. The summed E-state index contributed by atoms with van der Waals surface area (Å²) in [7, 11) is 0. The SMILES string of the molecule is CCc1ccc(OCC(O)CN2CCC(C(C)O)CC2)cc1.